The van der Waals surface area contributed by atoms with Gasteiger partial charge in [-0.1, -0.05) is 12.8 Å². The maximum absolute atomic E-state index is 13.3. The van der Waals surface area contributed by atoms with Crippen LogP contribution < -0.4 is 20.7 Å². The summed E-state index contributed by atoms with van der Waals surface area (Å²) in [5, 5.41) is 18.8. The Morgan fingerprint density at radius 1 is 1.23 bits per heavy atom. The van der Waals surface area contributed by atoms with Crippen LogP contribution in [0.1, 0.15) is 49.0 Å². The number of H-pyrrole nitrogens is 1. The van der Waals surface area contributed by atoms with Crippen LogP contribution in [-0.2, 0) is 14.3 Å². The quantitative estimate of drug-likeness (QED) is 0.305. The standard InChI is InChI=1S/C28H37N7O5/c29-17-20(15-19-2-1-6-30-25(19)36)32-26(37)23(14-18-3-4-18)34-27(38)24-16-21-22(33-24)5-7-31-28(21)40-13-10-35-8-11-39-12-9-35/h5,7,16,18-20,23,33H,1-4,6,8-15H2,(H,30,36)(H,32,37)(H,34,38). The number of carbonyl (C=O) groups excluding carboxylic acids is 3. The third-order valence-corrected chi connectivity index (χ3v) is 7.79. The third kappa shape index (κ3) is 7.28. The molecule has 4 N–H and O–H groups in total. The summed E-state index contributed by atoms with van der Waals surface area (Å²) in [5.41, 5.74) is 1.00. The molecule has 0 bridgehead atoms. The van der Waals surface area contributed by atoms with Gasteiger partial charge in [-0.15, -0.1) is 0 Å². The van der Waals surface area contributed by atoms with Crippen LogP contribution >= 0.6 is 0 Å². The Morgan fingerprint density at radius 2 is 2.05 bits per heavy atom. The second kappa shape index (κ2) is 13.1. The minimum Gasteiger partial charge on any atom is -0.476 e. The van der Waals surface area contributed by atoms with Gasteiger partial charge in [-0.2, -0.15) is 5.26 Å². The number of nitrogens with one attached hydrogen (secondary N) is 4. The van der Waals surface area contributed by atoms with Gasteiger partial charge in [0, 0.05) is 38.3 Å². The van der Waals surface area contributed by atoms with Crippen LogP contribution in [0, 0.1) is 23.2 Å². The van der Waals surface area contributed by atoms with Crippen molar-refractivity contribution in [2.45, 2.75) is 50.6 Å². The van der Waals surface area contributed by atoms with E-state index in [1.54, 1.807) is 18.3 Å². The molecule has 3 atom stereocenters. The van der Waals surface area contributed by atoms with E-state index in [0.717, 1.165) is 52.1 Å². The van der Waals surface area contributed by atoms with Gasteiger partial charge >= 0.3 is 0 Å². The number of hydrogen-bond acceptors (Lipinski definition) is 8. The van der Waals surface area contributed by atoms with Crippen LogP contribution in [-0.4, -0.2) is 90.7 Å². The maximum atomic E-state index is 13.3. The van der Waals surface area contributed by atoms with Crippen molar-refractivity contribution in [2.24, 2.45) is 11.8 Å². The molecule has 2 aromatic heterocycles. The minimum absolute atomic E-state index is 0.0821. The Morgan fingerprint density at radius 3 is 2.80 bits per heavy atom. The SMILES string of the molecule is N#CC(CC1CCCNC1=O)NC(=O)C(CC1CC1)NC(=O)c1cc2c(OCCN3CCOCC3)nccc2[nH]1. The number of aromatic nitrogens is 2. The summed E-state index contributed by atoms with van der Waals surface area (Å²) >= 11 is 0. The van der Waals surface area contributed by atoms with E-state index in [1.807, 2.05) is 0 Å². The van der Waals surface area contributed by atoms with Crippen LogP contribution in [0.15, 0.2) is 18.3 Å². The number of fused-ring (bicyclic) bond motifs is 1. The van der Waals surface area contributed by atoms with Crippen LogP contribution in [0.25, 0.3) is 10.9 Å². The first-order valence-corrected chi connectivity index (χ1v) is 14.2. The van der Waals surface area contributed by atoms with E-state index in [0.29, 0.717) is 54.4 Å². The van der Waals surface area contributed by atoms with Gasteiger partial charge in [-0.3, -0.25) is 19.3 Å². The van der Waals surface area contributed by atoms with Gasteiger partial charge in [0.2, 0.25) is 17.7 Å². The Kier molecular flexibility index (Phi) is 9.13. The minimum atomic E-state index is -0.809. The molecule has 1 aliphatic carbocycles. The molecule has 0 spiro atoms. The first-order chi connectivity index (χ1) is 19.5. The van der Waals surface area contributed by atoms with Crippen molar-refractivity contribution in [2.75, 3.05) is 46.0 Å². The molecule has 0 aromatic carbocycles. The lowest BCUT2D eigenvalue weighted by Crippen LogP contribution is -2.50. The number of carbonyl (C=O) groups is 3. The predicted octanol–water partition coefficient (Wildman–Crippen LogP) is 1.10. The monoisotopic (exact) mass is 551 g/mol. The molecule has 3 aliphatic rings. The highest BCUT2D eigenvalue weighted by molar-refractivity contribution is 6.01. The molecule has 2 aliphatic heterocycles. The van der Waals surface area contributed by atoms with Gasteiger partial charge in [-0.05, 0) is 43.7 Å². The highest BCUT2D eigenvalue weighted by atomic mass is 16.5. The fourth-order valence-corrected chi connectivity index (χ4v) is 5.28. The first kappa shape index (κ1) is 27.9. The number of rotatable bonds is 12. The number of hydrogen-bond donors (Lipinski definition) is 4. The van der Waals surface area contributed by atoms with Crippen LogP contribution in [0.3, 0.4) is 0 Å². The second-order valence-electron chi connectivity index (χ2n) is 10.8. The van der Waals surface area contributed by atoms with Crippen molar-refractivity contribution in [1.29, 1.82) is 5.26 Å². The van der Waals surface area contributed by atoms with Crippen molar-refractivity contribution in [1.82, 2.24) is 30.8 Å². The molecule has 12 heteroatoms. The number of nitrogens with zero attached hydrogens (tertiary/aromatic N) is 3. The Balaban J connectivity index is 1.21. The fraction of sp³-hybridized carbons (Fsp3) is 0.607. The van der Waals surface area contributed by atoms with Gasteiger partial charge < -0.3 is 30.4 Å². The van der Waals surface area contributed by atoms with Crippen molar-refractivity contribution in [3.8, 4) is 11.9 Å². The molecule has 0 radical (unpaired) electrons. The molecule has 214 valence electrons. The maximum Gasteiger partial charge on any atom is 0.268 e. The van der Waals surface area contributed by atoms with E-state index < -0.39 is 23.9 Å². The summed E-state index contributed by atoms with van der Waals surface area (Å²) in [4.78, 5) is 48.3. The van der Waals surface area contributed by atoms with E-state index in [2.05, 4.69) is 36.9 Å². The molecular weight excluding hydrogens is 514 g/mol. The topological polar surface area (TPSA) is 161 Å². The number of morpholine rings is 1. The number of aromatic amines is 1. The number of piperidine rings is 1. The molecule has 2 aromatic rings. The van der Waals surface area contributed by atoms with Crippen molar-refractivity contribution < 1.29 is 23.9 Å². The van der Waals surface area contributed by atoms with Gasteiger partial charge in [0.15, 0.2) is 0 Å². The van der Waals surface area contributed by atoms with Gasteiger partial charge in [0.05, 0.1) is 30.2 Å². The fourth-order valence-electron chi connectivity index (χ4n) is 5.28. The highest BCUT2D eigenvalue weighted by Gasteiger charge is 2.33. The van der Waals surface area contributed by atoms with Gasteiger partial charge in [0.1, 0.15) is 24.4 Å². The van der Waals surface area contributed by atoms with Crippen molar-refractivity contribution in [3.63, 3.8) is 0 Å². The number of nitriles is 1. The van der Waals surface area contributed by atoms with E-state index in [1.165, 1.54) is 0 Å². The summed E-state index contributed by atoms with van der Waals surface area (Å²) < 4.78 is 11.3. The molecule has 1 saturated carbocycles. The summed E-state index contributed by atoms with van der Waals surface area (Å²) in [7, 11) is 0. The molecular formula is C28H37N7O5. The zero-order chi connectivity index (χ0) is 27.9. The molecule has 3 unspecified atom stereocenters. The third-order valence-electron chi connectivity index (χ3n) is 7.79. The smallest absolute Gasteiger partial charge is 0.268 e. The van der Waals surface area contributed by atoms with Crippen LogP contribution in [0.4, 0.5) is 0 Å². The molecule has 40 heavy (non-hydrogen) atoms. The predicted molar refractivity (Wildman–Crippen MR) is 145 cm³/mol. The lowest BCUT2D eigenvalue weighted by molar-refractivity contribution is -0.128. The summed E-state index contributed by atoms with van der Waals surface area (Å²) in [5.74, 6) is -0.415. The van der Waals surface area contributed by atoms with E-state index in [4.69, 9.17) is 9.47 Å². The molecule has 4 heterocycles. The van der Waals surface area contributed by atoms with E-state index in [-0.39, 0.29) is 18.2 Å². The van der Waals surface area contributed by atoms with Crippen molar-refractivity contribution >= 4 is 28.6 Å². The summed E-state index contributed by atoms with van der Waals surface area (Å²) in [6, 6.07) is 3.97. The number of ether oxygens (including phenoxy) is 2. The highest BCUT2D eigenvalue weighted by Crippen LogP contribution is 2.34. The molecule has 5 rings (SSSR count). The normalized spacial score (nSPS) is 21.2. The van der Waals surface area contributed by atoms with E-state index in [9.17, 15) is 19.6 Å². The molecule has 12 nitrogen and oxygen atoms in total. The zero-order valence-electron chi connectivity index (χ0n) is 22.6. The lowest BCUT2D eigenvalue weighted by atomic mass is 9.92. The number of amides is 3. The van der Waals surface area contributed by atoms with Gasteiger partial charge in [0.25, 0.3) is 5.91 Å². The van der Waals surface area contributed by atoms with E-state index >= 15 is 0 Å². The van der Waals surface area contributed by atoms with Gasteiger partial charge in [-0.25, -0.2) is 4.98 Å². The first-order valence-electron chi connectivity index (χ1n) is 14.2. The van der Waals surface area contributed by atoms with Crippen molar-refractivity contribution in [3.05, 3.63) is 24.0 Å². The van der Waals surface area contributed by atoms with Crippen LogP contribution in [0.2, 0.25) is 0 Å². The molecule has 3 fully saturated rings. The summed E-state index contributed by atoms with van der Waals surface area (Å²) in [6.45, 7) is 5.04. The second-order valence-corrected chi connectivity index (χ2v) is 10.8. The zero-order valence-corrected chi connectivity index (χ0v) is 22.6. The van der Waals surface area contributed by atoms with Crippen LogP contribution in [0.5, 0.6) is 5.88 Å². The Labute approximate surface area is 233 Å². The molecule has 3 amide bonds. The Hall–Kier alpha value is -3.69. The lowest BCUT2D eigenvalue weighted by Gasteiger charge is -2.26. The largest absolute Gasteiger partial charge is 0.476 e. The number of pyridine rings is 1. The average molecular weight is 552 g/mol. The summed E-state index contributed by atoms with van der Waals surface area (Å²) in [6.07, 6.45) is 5.93. The Bertz CT molecular complexity index is 1250. The molecule has 2 saturated heterocycles. The average Bonchev–Trinajstić information content (AvgIpc) is 3.68.